The molecule has 0 saturated heterocycles. The van der Waals surface area contributed by atoms with E-state index in [9.17, 15) is 9.59 Å². The molecule has 2 atom stereocenters. The van der Waals surface area contributed by atoms with E-state index in [0.717, 1.165) is 22.8 Å². The van der Waals surface area contributed by atoms with Crippen LogP contribution in [-0.4, -0.2) is 33.3 Å². The molecule has 142 valence electrons. The standard InChI is InChI=1S/C21H20N4O2S/c1-13(26)15-7-9-16(10-8-15)23-20(27)14(2)28-21-24-18-6-4-3-5-17(18)19-11-12-22-25(19)21/h3-10,12,14,19H,11H2,1-2H3,(H,23,27)/t14-,19+/m1/s1. The van der Waals surface area contributed by atoms with Crippen molar-refractivity contribution in [3.8, 4) is 0 Å². The van der Waals surface area contributed by atoms with Crippen LogP contribution in [0.2, 0.25) is 0 Å². The van der Waals surface area contributed by atoms with Crippen LogP contribution in [0.5, 0.6) is 0 Å². The van der Waals surface area contributed by atoms with E-state index in [2.05, 4.69) is 16.5 Å². The summed E-state index contributed by atoms with van der Waals surface area (Å²) < 4.78 is 0. The summed E-state index contributed by atoms with van der Waals surface area (Å²) in [6.07, 6.45) is 2.73. The molecule has 0 bridgehead atoms. The van der Waals surface area contributed by atoms with Crippen molar-refractivity contribution in [1.82, 2.24) is 5.01 Å². The van der Waals surface area contributed by atoms with Crippen LogP contribution in [0.15, 0.2) is 58.6 Å². The highest BCUT2D eigenvalue weighted by Crippen LogP contribution is 2.41. The van der Waals surface area contributed by atoms with Crippen molar-refractivity contribution >= 4 is 46.2 Å². The molecule has 0 aliphatic carbocycles. The van der Waals surface area contributed by atoms with E-state index in [1.54, 1.807) is 24.3 Å². The van der Waals surface area contributed by atoms with Gasteiger partial charge in [0.1, 0.15) is 0 Å². The Morgan fingerprint density at radius 1 is 1.18 bits per heavy atom. The van der Waals surface area contributed by atoms with Gasteiger partial charge in [0.2, 0.25) is 5.91 Å². The van der Waals surface area contributed by atoms with Crippen LogP contribution < -0.4 is 5.32 Å². The first kappa shape index (κ1) is 18.4. The van der Waals surface area contributed by atoms with Crippen molar-refractivity contribution in [2.24, 2.45) is 10.1 Å². The number of rotatable bonds is 4. The van der Waals surface area contributed by atoms with Crippen molar-refractivity contribution in [2.45, 2.75) is 31.6 Å². The number of anilines is 1. The lowest BCUT2D eigenvalue weighted by atomic mass is 10.0. The van der Waals surface area contributed by atoms with Crippen molar-refractivity contribution in [3.63, 3.8) is 0 Å². The Balaban J connectivity index is 1.47. The fraction of sp³-hybridized carbons (Fsp3) is 0.238. The highest BCUT2D eigenvalue weighted by atomic mass is 32.2. The summed E-state index contributed by atoms with van der Waals surface area (Å²) in [6.45, 7) is 3.37. The molecule has 1 amide bonds. The molecule has 6 nitrogen and oxygen atoms in total. The van der Waals surface area contributed by atoms with Crippen LogP contribution in [0.3, 0.4) is 0 Å². The third-order valence-corrected chi connectivity index (χ3v) is 5.80. The van der Waals surface area contributed by atoms with Crippen molar-refractivity contribution in [3.05, 3.63) is 59.7 Å². The number of Topliss-reactive ketones (excluding diaryl/α,β-unsaturated/α-hetero) is 1. The van der Waals surface area contributed by atoms with Crippen molar-refractivity contribution in [1.29, 1.82) is 0 Å². The van der Waals surface area contributed by atoms with Gasteiger partial charge in [0.05, 0.1) is 17.0 Å². The van der Waals surface area contributed by atoms with Crippen LogP contribution in [0, 0.1) is 0 Å². The minimum Gasteiger partial charge on any atom is -0.325 e. The lowest BCUT2D eigenvalue weighted by Gasteiger charge is -2.30. The summed E-state index contributed by atoms with van der Waals surface area (Å²) in [5.74, 6) is -0.125. The molecule has 2 aliphatic rings. The fourth-order valence-corrected chi connectivity index (χ4v) is 4.12. The molecule has 4 rings (SSSR count). The number of benzene rings is 2. The zero-order valence-corrected chi connectivity index (χ0v) is 16.4. The molecule has 2 aromatic rings. The maximum Gasteiger partial charge on any atom is 0.237 e. The van der Waals surface area contributed by atoms with Gasteiger partial charge in [0, 0.05) is 29.4 Å². The Labute approximate surface area is 167 Å². The summed E-state index contributed by atoms with van der Waals surface area (Å²) in [6, 6.07) is 15.1. The number of fused-ring (bicyclic) bond motifs is 3. The van der Waals surface area contributed by atoms with Gasteiger partial charge in [-0.2, -0.15) is 5.10 Å². The second-order valence-corrected chi connectivity index (χ2v) is 8.04. The number of ketones is 1. The number of para-hydroxylation sites is 1. The second-order valence-electron chi connectivity index (χ2n) is 6.73. The molecule has 7 heteroatoms. The average molecular weight is 392 g/mol. The number of carbonyl (C=O) groups excluding carboxylic acids is 2. The molecule has 0 saturated carbocycles. The van der Waals surface area contributed by atoms with Crippen molar-refractivity contribution in [2.75, 3.05) is 5.32 Å². The zero-order valence-electron chi connectivity index (χ0n) is 15.6. The predicted octanol–water partition coefficient (Wildman–Crippen LogP) is 4.38. The normalized spacial score (nSPS) is 18.1. The molecule has 2 aliphatic heterocycles. The van der Waals surface area contributed by atoms with Gasteiger partial charge in [-0.15, -0.1) is 0 Å². The first-order chi connectivity index (χ1) is 13.5. The second kappa shape index (κ2) is 7.59. The number of thioether (sulfide) groups is 1. The van der Waals surface area contributed by atoms with E-state index < -0.39 is 0 Å². The number of nitrogens with zero attached hydrogens (tertiary/aromatic N) is 3. The molecule has 0 radical (unpaired) electrons. The van der Waals surface area contributed by atoms with E-state index in [0.29, 0.717) is 11.3 Å². The van der Waals surface area contributed by atoms with Gasteiger partial charge in [0.25, 0.3) is 0 Å². The van der Waals surface area contributed by atoms with Crippen LogP contribution >= 0.6 is 11.8 Å². The molecule has 2 heterocycles. The molecule has 0 spiro atoms. The van der Waals surface area contributed by atoms with Gasteiger partial charge >= 0.3 is 0 Å². The SMILES string of the molecule is CC(=O)c1ccc(NC(=O)[C@@H](C)SC2=Nc3ccccc3[C@@H]3CC=NN23)cc1. The minimum absolute atomic E-state index is 0.00175. The van der Waals surface area contributed by atoms with Crippen LogP contribution in [-0.2, 0) is 4.79 Å². The summed E-state index contributed by atoms with van der Waals surface area (Å²) in [5, 5.41) is 9.62. The van der Waals surface area contributed by atoms with Gasteiger partial charge in [-0.25, -0.2) is 10.0 Å². The molecule has 0 unspecified atom stereocenters. The highest BCUT2D eigenvalue weighted by molar-refractivity contribution is 8.14. The summed E-state index contributed by atoms with van der Waals surface area (Å²) >= 11 is 1.39. The van der Waals surface area contributed by atoms with Gasteiger partial charge in [-0.05, 0) is 44.2 Å². The van der Waals surface area contributed by atoms with E-state index in [4.69, 9.17) is 4.99 Å². The first-order valence-corrected chi connectivity index (χ1v) is 9.98. The highest BCUT2D eigenvalue weighted by Gasteiger charge is 2.34. The van der Waals surface area contributed by atoms with Crippen LogP contribution in [0.25, 0.3) is 0 Å². The third kappa shape index (κ3) is 3.57. The Morgan fingerprint density at radius 2 is 1.93 bits per heavy atom. The first-order valence-electron chi connectivity index (χ1n) is 9.11. The van der Waals surface area contributed by atoms with E-state index in [-0.39, 0.29) is 23.0 Å². The zero-order chi connectivity index (χ0) is 19.7. The van der Waals surface area contributed by atoms with Gasteiger partial charge < -0.3 is 5.32 Å². The Bertz CT molecular complexity index is 984. The topological polar surface area (TPSA) is 74.1 Å². The van der Waals surface area contributed by atoms with E-state index >= 15 is 0 Å². The molecular formula is C21H20N4O2S. The number of carbonyl (C=O) groups is 2. The van der Waals surface area contributed by atoms with E-state index in [1.165, 1.54) is 18.7 Å². The molecular weight excluding hydrogens is 372 g/mol. The lowest BCUT2D eigenvalue weighted by Crippen LogP contribution is -2.31. The predicted molar refractivity (Wildman–Crippen MR) is 113 cm³/mol. The average Bonchev–Trinajstić information content (AvgIpc) is 3.19. The summed E-state index contributed by atoms with van der Waals surface area (Å²) in [7, 11) is 0. The maximum absolute atomic E-state index is 12.6. The smallest absolute Gasteiger partial charge is 0.237 e. The number of amides is 1. The number of hydrogen-bond acceptors (Lipinski definition) is 6. The molecule has 1 N–H and O–H groups in total. The quantitative estimate of drug-likeness (QED) is 0.784. The number of aliphatic imine (C=N–C) groups is 1. The fourth-order valence-electron chi connectivity index (χ4n) is 3.21. The molecule has 28 heavy (non-hydrogen) atoms. The number of hydrazone groups is 1. The Kier molecular flexibility index (Phi) is 5.00. The van der Waals surface area contributed by atoms with Gasteiger partial charge in [0.15, 0.2) is 11.0 Å². The Morgan fingerprint density at radius 3 is 2.68 bits per heavy atom. The third-order valence-electron chi connectivity index (χ3n) is 4.75. The molecule has 0 fully saturated rings. The van der Waals surface area contributed by atoms with Gasteiger partial charge in [-0.1, -0.05) is 30.0 Å². The Hall–Kier alpha value is -2.93. The number of hydrogen-bond donors (Lipinski definition) is 1. The molecule has 0 aromatic heterocycles. The van der Waals surface area contributed by atoms with Crippen LogP contribution in [0.4, 0.5) is 11.4 Å². The minimum atomic E-state index is -0.354. The monoisotopic (exact) mass is 392 g/mol. The molecule has 2 aromatic carbocycles. The van der Waals surface area contributed by atoms with Crippen LogP contribution in [0.1, 0.15) is 42.2 Å². The van der Waals surface area contributed by atoms with Crippen molar-refractivity contribution < 1.29 is 9.59 Å². The number of amidine groups is 1. The summed E-state index contributed by atoms with van der Waals surface area (Å²) in [4.78, 5) is 28.7. The number of nitrogens with one attached hydrogen (secondary N) is 1. The summed E-state index contributed by atoms with van der Waals surface area (Å²) in [5.41, 5.74) is 3.38. The van der Waals surface area contributed by atoms with E-state index in [1.807, 2.05) is 36.3 Å². The maximum atomic E-state index is 12.6. The van der Waals surface area contributed by atoms with Gasteiger partial charge in [-0.3, -0.25) is 9.59 Å². The largest absolute Gasteiger partial charge is 0.325 e. The lowest BCUT2D eigenvalue weighted by molar-refractivity contribution is -0.115.